The average Bonchev–Trinajstić information content (AvgIpc) is 2.45. The number of hydrogen-bond donors (Lipinski definition) is 1. The van der Waals surface area contributed by atoms with Crippen LogP contribution >= 0.6 is 0 Å². The number of amides is 1. The molecule has 0 aromatic carbocycles. The Bertz CT molecular complexity index is 624. The van der Waals surface area contributed by atoms with Gasteiger partial charge in [0.1, 0.15) is 6.54 Å². The fourth-order valence-corrected chi connectivity index (χ4v) is 3.02. The van der Waals surface area contributed by atoms with Gasteiger partial charge < -0.3 is 9.88 Å². The molecule has 1 aromatic rings. The minimum Gasteiger partial charge on any atom is -0.352 e. The van der Waals surface area contributed by atoms with E-state index in [1.54, 1.807) is 0 Å². The van der Waals surface area contributed by atoms with Gasteiger partial charge >= 0.3 is 6.18 Å². The van der Waals surface area contributed by atoms with E-state index in [0.717, 1.165) is 36.0 Å². The fraction of sp³-hybridized carbons (Fsp3) is 0.625. The molecule has 3 atom stereocenters. The molecular formula is C16H21F3N2O2. The summed E-state index contributed by atoms with van der Waals surface area (Å²) in [6.45, 7) is 3.78. The Morgan fingerprint density at radius 2 is 2.00 bits per heavy atom. The molecule has 0 unspecified atom stereocenters. The quantitative estimate of drug-likeness (QED) is 0.926. The van der Waals surface area contributed by atoms with Crippen molar-refractivity contribution in [3.63, 3.8) is 0 Å². The highest BCUT2D eigenvalue weighted by atomic mass is 19.4. The summed E-state index contributed by atoms with van der Waals surface area (Å²) in [6.07, 6.45) is -0.872. The molecule has 1 aromatic heterocycles. The van der Waals surface area contributed by atoms with Crippen molar-refractivity contribution in [2.45, 2.75) is 51.9 Å². The van der Waals surface area contributed by atoms with Crippen LogP contribution in [0.4, 0.5) is 13.2 Å². The van der Waals surface area contributed by atoms with Gasteiger partial charge in [-0.05, 0) is 24.3 Å². The van der Waals surface area contributed by atoms with Gasteiger partial charge in [-0.2, -0.15) is 13.2 Å². The fourth-order valence-electron chi connectivity index (χ4n) is 3.02. The van der Waals surface area contributed by atoms with E-state index in [9.17, 15) is 22.8 Å². The number of carbonyl (C=O) groups is 1. The van der Waals surface area contributed by atoms with Crippen LogP contribution in [0, 0.1) is 11.8 Å². The van der Waals surface area contributed by atoms with Crippen LogP contribution in [0.15, 0.2) is 23.1 Å². The van der Waals surface area contributed by atoms with E-state index in [1.807, 2.05) is 0 Å². The summed E-state index contributed by atoms with van der Waals surface area (Å²) in [7, 11) is 0. The lowest BCUT2D eigenvalue weighted by molar-refractivity contribution is -0.138. The van der Waals surface area contributed by atoms with Crippen molar-refractivity contribution in [1.82, 2.24) is 9.88 Å². The average molecular weight is 330 g/mol. The Morgan fingerprint density at radius 1 is 1.30 bits per heavy atom. The van der Waals surface area contributed by atoms with Crippen LogP contribution < -0.4 is 10.9 Å². The van der Waals surface area contributed by atoms with Gasteiger partial charge in [-0.1, -0.05) is 26.7 Å². The van der Waals surface area contributed by atoms with Crippen LogP contribution in [0.3, 0.4) is 0 Å². The van der Waals surface area contributed by atoms with Crippen molar-refractivity contribution in [2.24, 2.45) is 11.8 Å². The van der Waals surface area contributed by atoms with Gasteiger partial charge in [0.2, 0.25) is 5.91 Å². The summed E-state index contributed by atoms with van der Waals surface area (Å²) in [6, 6.07) is 1.57. The van der Waals surface area contributed by atoms with E-state index in [0.29, 0.717) is 18.0 Å². The highest BCUT2D eigenvalue weighted by molar-refractivity contribution is 5.76. The van der Waals surface area contributed by atoms with Crippen molar-refractivity contribution in [2.75, 3.05) is 0 Å². The number of rotatable bonds is 3. The molecule has 0 bridgehead atoms. The maximum Gasteiger partial charge on any atom is 0.417 e. The highest BCUT2D eigenvalue weighted by Crippen LogP contribution is 2.30. The zero-order chi connectivity index (χ0) is 17.2. The smallest absolute Gasteiger partial charge is 0.352 e. The number of pyridine rings is 1. The molecule has 0 saturated heterocycles. The Hall–Kier alpha value is -1.79. The maximum absolute atomic E-state index is 12.7. The number of alkyl halides is 3. The summed E-state index contributed by atoms with van der Waals surface area (Å²) < 4.78 is 38.9. The lowest BCUT2D eigenvalue weighted by Crippen LogP contribution is -2.45. The minimum absolute atomic E-state index is 0.00718. The molecule has 1 heterocycles. The van der Waals surface area contributed by atoms with Gasteiger partial charge in [0, 0.05) is 18.3 Å². The first-order valence-electron chi connectivity index (χ1n) is 7.75. The lowest BCUT2D eigenvalue weighted by Gasteiger charge is -2.34. The van der Waals surface area contributed by atoms with Crippen LogP contribution in [-0.2, 0) is 17.5 Å². The van der Waals surface area contributed by atoms with E-state index >= 15 is 0 Å². The normalized spacial score (nSPS) is 25.2. The van der Waals surface area contributed by atoms with Crippen LogP contribution in [-0.4, -0.2) is 16.5 Å². The Kier molecular flexibility index (Phi) is 5.16. The Balaban J connectivity index is 2.07. The molecule has 0 aliphatic heterocycles. The third kappa shape index (κ3) is 4.36. The van der Waals surface area contributed by atoms with E-state index in [2.05, 4.69) is 19.2 Å². The third-order valence-corrected chi connectivity index (χ3v) is 4.68. The van der Waals surface area contributed by atoms with Gasteiger partial charge in [0.25, 0.3) is 5.56 Å². The molecule has 1 saturated carbocycles. The molecular weight excluding hydrogens is 309 g/mol. The van der Waals surface area contributed by atoms with E-state index in [-0.39, 0.29) is 6.04 Å². The van der Waals surface area contributed by atoms with Gasteiger partial charge in [-0.3, -0.25) is 9.59 Å². The largest absolute Gasteiger partial charge is 0.417 e. The zero-order valence-electron chi connectivity index (χ0n) is 13.2. The van der Waals surface area contributed by atoms with E-state index < -0.39 is 29.8 Å². The third-order valence-electron chi connectivity index (χ3n) is 4.68. The predicted molar refractivity (Wildman–Crippen MR) is 79.8 cm³/mol. The van der Waals surface area contributed by atoms with Crippen molar-refractivity contribution < 1.29 is 18.0 Å². The molecule has 0 spiro atoms. The van der Waals surface area contributed by atoms with Gasteiger partial charge in [-0.25, -0.2) is 0 Å². The molecule has 0 radical (unpaired) electrons. The van der Waals surface area contributed by atoms with Crippen LogP contribution in [0.5, 0.6) is 0 Å². The number of hydrogen-bond acceptors (Lipinski definition) is 2. The summed E-state index contributed by atoms with van der Waals surface area (Å²) in [5, 5.41) is 2.85. The van der Waals surface area contributed by atoms with Crippen LogP contribution in [0.25, 0.3) is 0 Å². The maximum atomic E-state index is 12.7. The topological polar surface area (TPSA) is 51.1 Å². The Morgan fingerprint density at radius 3 is 2.65 bits per heavy atom. The molecule has 1 fully saturated rings. The molecule has 2 rings (SSSR count). The molecule has 7 heteroatoms. The number of carbonyl (C=O) groups excluding carboxylic acids is 1. The standard InChI is InChI=1S/C16H21F3N2O2/c1-10-4-3-5-13(11(10)2)20-14(22)9-21-8-12(16(17,18)19)6-7-15(21)23/h6-8,10-11,13H,3-5,9H2,1-2H3,(H,20,22)/t10-,11-,13-/m1/s1. The highest BCUT2D eigenvalue weighted by Gasteiger charge is 2.31. The first-order chi connectivity index (χ1) is 10.7. The van der Waals surface area contributed by atoms with Crippen molar-refractivity contribution >= 4 is 5.91 Å². The number of aromatic nitrogens is 1. The first-order valence-corrected chi connectivity index (χ1v) is 7.75. The monoisotopic (exact) mass is 330 g/mol. The molecule has 128 valence electrons. The van der Waals surface area contributed by atoms with Crippen molar-refractivity contribution in [1.29, 1.82) is 0 Å². The zero-order valence-corrected chi connectivity index (χ0v) is 13.2. The molecule has 1 aliphatic rings. The van der Waals surface area contributed by atoms with E-state index in [4.69, 9.17) is 0 Å². The molecule has 1 aliphatic carbocycles. The van der Waals surface area contributed by atoms with E-state index in [1.165, 1.54) is 0 Å². The lowest BCUT2D eigenvalue weighted by atomic mass is 9.78. The van der Waals surface area contributed by atoms with Crippen molar-refractivity contribution in [3.8, 4) is 0 Å². The van der Waals surface area contributed by atoms with Gasteiger partial charge in [-0.15, -0.1) is 0 Å². The van der Waals surface area contributed by atoms with Crippen LogP contribution in [0.1, 0.15) is 38.7 Å². The van der Waals surface area contributed by atoms with Crippen molar-refractivity contribution in [3.05, 3.63) is 34.2 Å². The predicted octanol–water partition coefficient (Wildman–Crippen LogP) is 2.81. The summed E-state index contributed by atoms with van der Waals surface area (Å²) >= 11 is 0. The van der Waals surface area contributed by atoms with Crippen LogP contribution in [0.2, 0.25) is 0 Å². The SMILES string of the molecule is C[C@@H]1[C@H](C)CCC[C@H]1NC(=O)Cn1cc(C(F)(F)F)ccc1=O. The summed E-state index contributed by atoms with van der Waals surface area (Å²) in [5.41, 5.74) is -1.57. The molecule has 23 heavy (non-hydrogen) atoms. The second-order valence-corrected chi connectivity index (χ2v) is 6.32. The summed E-state index contributed by atoms with van der Waals surface area (Å²) in [5.74, 6) is 0.369. The molecule has 1 N–H and O–H groups in total. The summed E-state index contributed by atoms with van der Waals surface area (Å²) in [4.78, 5) is 23.8. The number of nitrogens with one attached hydrogen (secondary N) is 1. The molecule has 4 nitrogen and oxygen atoms in total. The number of halogens is 3. The number of nitrogens with zero attached hydrogens (tertiary/aromatic N) is 1. The first kappa shape index (κ1) is 17.6. The molecule has 1 amide bonds. The Labute approximate surface area is 132 Å². The second-order valence-electron chi connectivity index (χ2n) is 6.32. The van der Waals surface area contributed by atoms with Gasteiger partial charge in [0.05, 0.1) is 5.56 Å². The van der Waals surface area contributed by atoms with Gasteiger partial charge in [0.15, 0.2) is 0 Å². The minimum atomic E-state index is -4.54. The second kappa shape index (κ2) is 6.76.